The first-order chi connectivity index (χ1) is 8.66. The molecule has 5 heteroatoms. The monoisotopic (exact) mass is 261 g/mol. The Morgan fingerprint density at radius 3 is 2.94 bits per heavy atom. The van der Waals surface area contributed by atoms with Gasteiger partial charge in [-0.15, -0.1) is 11.3 Å². The minimum Gasteiger partial charge on any atom is -0.380 e. The maximum atomic E-state index is 11.8. The van der Waals surface area contributed by atoms with Gasteiger partial charge in [0.25, 0.3) is 5.91 Å². The zero-order valence-electron chi connectivity index (χ0n) is 10.4. The lowest BCUT2D eigenvalue weighted by molar-refractivity contribution is 0.0822. The molecule has 1 N–H and O–H groups in total. The molecule has 4 nitrogen and oxygen atoms in total. The predicted molar refractivity (Wildman–Crippen MR) is 73.9 cm³/mol. The highest BCUT2D eigenvalue weighted by atomic mass is 32.1. The number of carbonyl (C=O) groups excluding carboxylic acids is 1. The van der Waals surface area contributed by atoms with Crippen molar-refractivity contribution in [1.29, 1.82) is 0 Å². The Kier molecular flexibility index (Phi) is 3.94. The third kappa shape index (κ3) is 3.07. The minimum absolute atomic E-state index is 0.0882. The van der Waals surface area contributed by atoms with Gasteiger partial charge in [-0.2, -0.15) is 0 Å². The molecule has 1 amide bonds. The lowest BCUT2D eigenvalue weighted by Gasteiger charge is -2.11. The molecule has 0 spiro atoms. The van der Waals surface area contributed by atoms with Crippen molar-refractivity contribution in [3.8, 4) is 0 Å². The van der Waals surface area contributed by atoms with E-state index in [1.165, 1.54) is 9.78 Å². The number of hydrogen-bond donors (Lipinski definition) is 1. The van der Waals surface area contributed by atoms with Gasteiger partial charge in [-0.3, -0.25) is 9.78 Å². The van der Waals surface area contributed by atoms with E-state index in [1.54, 1.807) is 37.7 Å². The molecule has 0 saturated carbocycles. The van der Waals surface area contributed by atoms with Crippen LogP contribution < -0.4 is 5.32 Å². The second-order valence-electron chi connectivity index (χ2n) is 4.06. The molecule has 0 atom stereocenters. The lowest BCUT2D eigenvalue weighted by Crippen LogP contribution is -2.22. The normalized spacial score (nSPS) is 10.1. The molecule has 0 unspecified atom stereocenters. The summed E-state index contributed by atoms with van der Waals surface area (Å²) in [7, 11) is 3.44. The number of hydrogen-bond acceptors (Lipinski definition) is 4. The summed E-state index contributed by atoms with van der Waals surface area (Å²) in [6, 6.07) is 7.73. The summed E-state index contributed by atoms with van der Waals surface area (Å²) in [6.45, 7) is 0.761. The first-order valence-electron chi connectivity index (χ1n) is 5.61. The van der Waals surface area contributed by atoms with Crippen LogP contribution in [-0.4, -0.2) is 29.9 Å². The van der Waals surface area contributed by atoms with E-state index in [1.807, 2.05) is 17.5 Å². The third-order valence-corrected chi connectivity index (χ3v) is 3.31. The van der Waals surface area contributed by atoms with Crippen LogP contribution in [0.3, 0.4) is 0 Å². The summed E-state index contributed by atoms with van der Waals surface area (Å²) in [4.78, 5) is 18.6. The van der Waals surface area contributed by atoms with Crippen LogP contribution in [0.5, 0.6) is 0 Å². The Morgan fingerprint density at radius 2 is 2.28 bits per heavy atom. The van der Waals surface area contributed by atoms with E-state index in [9.17, 15) is 4.79 Å². The first kappa shape index (κ1) is 12.6. The molecule has 0 bridgehead atoms. The maximum absolute atomic E-state index is 11.8. The minimum atomic E-state index is -0.0882. The number of carbonyl (C=O) groups is 1. The average Bonchev–Trinajstić information content (AvgIpc) is 2.89. The predicted octanol–water partition coefficient (Wildman–Crippen LogP) is 2.46. The maximum Gasteiger partial charge on any atom is 0.272 e. The molecule has 2 heterocycles. The van der Waals surface area contributed by atoms with E-state index in [4.69, 9.17) is 0 Å². The van der Waals surface area contributed by atoms with E-state index in [-0.39, 0.29) is 5.91 Å². The zero-order chi connectivity index (χ0) is 13.0. The molecule has 0 radical (unpaired) electrons. The zero-order valence-corrected chi connectivity index (χ0v) is 11.2. The molecule has 2 aromatic heterocycles. The number of aromatic nitrogens is 1. The Hall–Kier alpha value is -1.88. The SMILES string of the molecule is CN(C)C(=O)c1cc(NCc2cccs2)ccn1. The second-order valence-corrected chi connectivity index (χ2v) is 5.09. The van der Waals surface area contributed by atoms with Crippen molar-refractivity contribution < 1.29 is 4.79 Å². The van der Waals surface area contributed by atoms with E-state index < -0.39 is 0 Å². The van der Waals surface area contributed by atoms with Gasteiger partial charge >= 0.3 is 0 Å². The van der Waals surface area contributed by atoms with Crippen molar-refractivity contribution in [1.82, 2.24) is 9.88 Å². The van der Waals surface area contributed by atoms with Gasteiger partial charge in [-0.25, -0.2) is 0 Å². The second kappa shape index (κ2) is 5.64. The Bertz CT molecular complexity index is 523. The molecule has 18 heavy (non-hydrogen) atoms. The fourth-order valence-electron chi connectivity index (χ4n) is 1.49. The van der Waals surface area contributed by atoms with Crippen molar-refractivity contribution in [3.63, 3.8) is 0 Å². The number of anilines is 1. The standard InChI is InChI=1S/C13H15N3OS/c1-16(2)13(17)12-8-10(5-6-14-12)15-9-11-4-3-7-18-11/h3-8H,9H2,1-2H3,(H,14,15). The molecule has 2 rings (SSSR count). The summed E-state index contributed by atoms with van der Waals surface area (Å²) in [6.07, 6.45) is 1.65. The summed E-state index contributed by atoms with van der Waals surface area (Å²) in [5.74, 6) is -0.0882. The average molecular weight is 261 g/mol. The van der Waals surface area contributed by atoms with E-state index in [2.05, 4.69) is 16.4 Å². The molecule has 0 aliphatic carbocycles. The van der Waals surface area contributed by atoms with Crippen LogP contribution in [0.1, 0.15) is 15.4 Å². The molecular weight excluding hydrogens is 246 g/mol. The van der Waals surface area contributed by atoms with Crippen LogP contribution in [-0.2, 0) is 6.54 Å². The van der Waals surface area contributed by atoms with Crippen molar-refractivity contribution in [2.45, 2.75) is 6.54 Å². The summed E-state index contributed by atoms with van der Waals surface area (Å²) in [5, 5.41) is 5.33. The van der Waals surface area contributed by atoms with E-state index >= 15 is 0 Å². The molecule has 0 aromatic carbocycles. The Labute approximate surface area is 110 Å². The first-order valence-corrected chi connectivity index (χ1v) is 6.49. The molecule has 0 saturated heterocycles. The fraction of sp³-hybridized carbons (Fsp3) is 0.231. The number of rotatable bonds is 4. The number of amides is 1. The Balaban J connectivity index is 2.05. The largest absolute Gasteiger partial charge is 0.380 e. The topological polar surface area (TPSA) is 45.2 Å². The number of thiophene rings is 1. The van der Waals surface area contributed by atoms with Gasteiger partial charge in [0.15, 0.2) is 0 Å². The summed E-state index contributed by atoms with van der Waals surface area (Å²) < 4.78 is 0. The van der Waals surface area contributed by atoms with Gasteiger partial charge < -0.3 is 10.2 Å². The quantitative estimate of drug-likeness (QED) is 0.919. The van der Waals surface area contributed by atoms with Gasteiger partial charge in [-0.1, -0.05) is 6.07 Å². The van der Waals surface area contributed by atoms with E-state index in [0.29, 0.717) is 5.69 Å². The highest BCUT2D eigenvalue weighted by Gasteiger charge is 2.09. The van der Waals surface area contributed by atoms with Crippen LogP contribution in [0.4, 0.5) is 5.69 Å². The third-order valence-electron chi connectivity index (χ3n) is 2.43. The van der Waals surface area contributed by atoms with E-state index in [0.717, 1.165) is 12.2 Å². The van der Waals surface area contributed by atoms with Crippen LogP contribution in [0, 0.1) is 0 Å². The van der Waals surface area contributed by atoms with Crippen LogP contribution in [0.25, 0.3) is 0 Å². The lowest BCUT2D eigenvalue weighted by atomic mass is 10.3. The van der Waals surface area contributed by atoms with Gasteiger partial charge in [0.2, 0.25) is 0 Å². The van der Waals surface area contributed by atoms with Crippen LogP contribution in [0.2, 0.25) is 0 Å². The molecule has 0 aliphatic rings. The number of nitrogens with one attached hydrogen (secondary N) is 1. The Morgan fingerprint density at radius 1 is 1.44 bits per heavy atom. The van der Waals surface area contributed by atoms with Gasteiger partial charge in [0.05, 0.1) is 0 Å². The number of pyridine rings is 1. The highest BCUT2D eigenvalue weighted by molar-refractivity contribution is 7.09. The van der Waals surface area contributed by atoms with Gasteiger partial charge in [0, 0.05) is 37.4 Å². The van der Waals surface area contributed by atoms with Gasteiger partial charge in [-0.05, 0) is 23.6 Å². The van der Waals surface area contributed by atoms with Crippen molar-refractivity contribution in [3.05, 3.63) is 46.4 Å². The highest BCUT2D eigenvalue weighted by Crippen LogP contribution is 2.13. The van der Waals surface area contributed by atoms with Crippen LogP contribution in [0.15, 0.2) is 35.8 Å². The molecule has 0 aliphatic heterocycles. The van der Waals surface area contributed by atoms with Crippen molar-refractivity contribution in [2.24, 2.45) is 0 Å². The summed E-state index contributed by atoms with van der Waals surface area (Å²) >= 11 is 1.70. The molecule has 2 aromatic rings. The van der Waals surface area contributed by atoms with Crippen molar-refractivity contribution >= 4 is 22.9 Å². The molecule has 0 fully saturated rings. The van der Waals surface area contributed by atoms with Crippen LogP contribution >= 0.6 is 11.3 Å². The molecule has 94 valence electrons. The summed E-state index contributed by atoms with van der Waals surface area (Å²) in [5.41, 5.74) is 1.36. The van der Waals surface area contributed by atoms with Gasteiger partial charge in [0.1, 0.15) is 5.69 Å². The number of nitrogens with zero attached hydrogens (tertiary/aromatic N) is 2. The fourth-order valence-corrected chi connectivity index (χ4v) is 2.13. The smallest absolute Gasteiger partial charge is 0.272 e. The molecular formula is C13H15N3OS. The van der Waals surface area contributed by atoms with Crippen molar-refractivity contribution in [2.75, 3.05) is 19.4 Å².